The molecule has 0 saturated carbocycles. The number of carbonyl (C=O) groups excluding carboxylic acids is 1. The van der Waals surface area contributed by atoms with Crippen LogP contribution in [0.2, 0.25) is 0 Å². The number of nitrogens with one attached hydrogen (secondary N) is 1. The minimum Gasteiger partial charge on any atom is -0.348 e. The molecule has 1 amide bonds. The lowest BCUT2D eigenvalue weighted by Crippen LogP contribution is -2.23. The predicted molar refractivity (Wildman–Crippen MR) is 79.0 cm³/mol. The summed E-state index contributed by atoms with van der Waals surface area (Å²) in [4.78, 5) is 15.8. The zero-order valence-corrected chi connectivity index (χ0v) is 11.9. The predicted octanol–water partition coefficient (Wildman–Crippen LogP) is 3.01. The number of pyridine rings is 1. The zero-order chi connectivity index (χ0) is 14.4. The van der Waals surface area contributed by atoms with Crippen LogP contribution in [0.15, 0.2) is 42.7 Å². The monoisotopic (exact) mass is 290 g/mol. The third-order valence-electron chi connectivity index (χ3n) is 2.83. The first-order valence-corrected chi connectivity index (χ1v) is 7.54. The summed E-state index contributed by atoms with van der Waals surface area (Å²) in [5.74, 6) is 0.282. The van der Waals surface area contributed by atoms with Crippen LogP contribution >= 0.6 is 11.8 Å². The Bertz CT molecular complexity index is 590. The highest BCUT2D eigenvalue weighted by molar-refractivity contribution is 7.97. The van der Waals surface area contributed by atoms with Crippen molar-refractivity contribution in [1.82, 2.24) is 10.3 Å². The molecule has 2 rings (SSSR count). The Morgan fingerprint density at radius 3 is 2.90 bits per heavy atom. The summed E-state index contributed by atoms with van der Waals surface area (Å²) in [6.07, 6.45) is 5.10. The maximum absolute atomic E-state index is 13.2. The van der Waals surface area contributed by atoms with Crippen LogP contribution in [0.3, 0.4) is 0 Å². The van der Waals surface area contributed by atoms with Crippen molar-refractivity contribution in [3.05, 3.63) is 65.2 Å². The molecule has 1 heterocycles. The molecular weight excluding hydrogens is 275 g/mol. The Morgan fingerprint density at radius 2 is 2.20 bits per heavy atom. The molecule has 0 fully saturated rings. The summed E-state index contributed by atoms with van der Waals surface area (Å²) in [7, 11) is 0. The summed E-state index contributed by atoms with van der Waals surface area (Å²) in [6.45, 7) is 0.379. The second-order valence-corrected chi connectivity index (χ2v) is 5.14. The first-order valence-electron chi connectivity index (χ1n) is 6.15. The van der Waals surface area contributed by atoms with Gasteiger partial charge in [0.25, 0.3) is 5.91 Å². The van der Waals surface area contributed by atoms with Crippen molar-refractivity contribution < 1.29 is 9.18 Å². The number of carbonyl (C=O) groups is 1. The molecule has 0 bridgehead atoms. The minimum atomic E-state index is -0.253. The van der Waals surface area contributed by atoms with Crippen LogP contribution in [0.5, 0.6) is 0 Å². The summed E-state index contributed by atoms with van der Waals surface area (Å²) in [5.41, 5.74) is 2.35. The molecule has 2 aromatic rings. The van der Waals surface area contributed by atoms with E-state index in [4.69, 9.17) is 0 Å². The van der Waals surface area contributed by atoms with Crippen molar-refractivity contribution in [2.75, 3.05) is 6.26 Å². The van der Waals surface area contributed by atoms with E-state index in [1.54, 1.807) is 36.2 Å². The maximum Gasteiger partial charge on any atom is 0.253 e. The van der Waals surface area contributed by atoms with Gasteiger partial charge in [-0.05, 0) is 41.6 Å². The van der Waals surface area contributed by atoms with Gasteiger partial charge >= 0.3 is 0 Å². The molecule has 5 heteroatoms. The highest BCUT2D eigenvalue weighted by atomic mass is 32.2. The average molecular weight is 290 g/mol. The lowest BCUT2D eigenvalue weighted by Gasteiger charge is -2.10. The Labute approximate surface area is 121 Å². The van der Waals surface area contributed by atoms with Crippen molar-refractivity contribution in [2.24, 2.45) is 0 Å². The van der Waals surface area contributed by atoms with Crippen molar-refractivity contribution in [3.63, 3.8) is 0 Å². The number of thioether (sulfide) groups is 1. The van der Waals surface area contributed by atoms with E-state index in [0.717, 1.165) is 16.9 Å². The van der Waals surface area contributed by atoms with Crippen LogP contribution in [0, 0.1) is 5.82 Å². The number of rotatable bonds is 5. The molecule has 1 aromatic heterocycles. The van der Waals surface area contributed by atoms with Gasteiger partial charge in [-0.15, -0.1) is 0 Å². The number of amides is 1. The lowest BCUT2D eigenvalue weighted by molar-refractivity contribution is 0.0950. The van der Waals surface area contributed by atoms with Crippen LogP contribution in [0.1, 0.15) is 21.5 Å². The van der Waals surface area contributed by atoms with E-state index in [1.165, 1.54) is 18.3 Å². The second-order valence-electron chi connectivity index (χ2n) is 4.27. The molecule has 1 N–H and O–H groups in total. The number of aromatic nitrogens is 1. The summed E-state index contributed by atoms with van der Waals surface area (Å²) in [5, 5.41) is 2.82. The van der Waals surface area contributed by atoms with E-state index in [2.05, 4.69) is 10.3 Å². The first kappa shape index (κ1) is 14.5. The van der Waals surface area contributed by atoms with Gasteiger partial charge in [0, 0.05) is 24.7 Å². The van der Waals surface area contributed by atoms with E-state index < -0.39 is 0 Å². The van der Waals surface area contributed by atoms with E-state index in [1.807, 2.05) is 6.26 Å². The summed E-state index contributed by atoms with van der Waals surface area (Å²) >= 11 is 1.62. The highest BCUT2D eigenvalue weighted by Crippen LogP contribution is 2.16. The third kappa shape index (κ3) is 3.81. The largest absolute Gasteiger partial charge is 0.348 e. The van der Waals surface area contributed by atoms with Gasteiger partial charge in [-0.1, -0.05) is 6.07 Å². The standard InChI is InChI=1S/C15H15FN2OS/c1-20-10-13-7-14(16)5-4-11(13)9-18-15(19)12-3-2-6-17-8-12/h2-8H,9-10H2,1H3,(H,18,19). The molecule has 3 nitrogen and oxygen atoms in total. The average Bonchev–Trinajstić information content (AvgIpc) is 2.47. The zero-order valence-electron chi connectivity index (χ0n) is 11.1. The Kier molecular flexibility index (Phi) is 5.12. The molecule has 0 radical (unpaired) electrons. The molecule has 0 atom stereocenters. The molecule has 0 unspecified atom stereocenters. The second kappa shape index (κ2) is 7.05. The first-order chi connectivity index (χ1) is 9.70. The van der Waals surface area contributed by atoms with Crippen molar-refractivity contribution in [1.29, 1.82) is 0 Å². The third-order valence-corrected chi connectivity index (χ3v) is 3.43. The summed E-state index contributed by atoms with van der Waals surface area (Å²) in [6, 6.07) is 8.06. The number of benzene rings is 1. The molecule has 0 saturated heterocycles. The smallest absolute Gasteiger partial charge is 0.253 e. The molecule has 0 aliphatic rings. The molecular formula is C15H15FN2OS. The van der Waals surface area contributed by atoms with Gasteiger partial charge in [-0.2, -0.15) is 11.8 Å². The van der Waals surface area contributed by atoms with Gasteiger partial charge in [-0.3, -0.25) is 9.78 Å². The lowest BCUT2D eigenvalue weighted by atomic mass is 10.1. The number of halogens is 1. The molecule has 0 aliphatic heterocycles. The van der Waals surface area contributed by atoms with E-state index >= 15 is 0 Å². The fraction of sp³-hybridized carbons (Fsp3) is 0.200. The van der Waals surface area contributed by atoms with E-state index in [-0.39, 0.29) is 11.7 Å². The van der Waals surface area contributed by atoms with Gasteiger partial charge in [0.1, 0.15) is 5.82 Å². The van der Waals surface area contributed by atoms with Gasteiger partial charge in [0.2, 0.25) is 0 Å². The number of hydrogen-bond acceptors (Lipinski definition) is 3. The van der Waals surface area contributed by atoms with Gasteiger partial charge in [-0.25, -0.2) is 4.39 Å². The van der Waals surface area contributed by atoms with Crippen LogP contribution < -0.4 is 5.32 Å². The van der Waals surface area contributed by atoms with Gasteiger partial charge in [0.15, 0.2) is 0 Å². The Hall–Kier alpha value is -1.88. The normalized spacial score (nSPS) is 10.3. The highest BCUT2D eigenvalue weighted by Gasteiger charge is 2.08. The molecule has 0 aliphatic carbocycles. The Morgan fingerprint density at radius 1 is 1.35 bits per heavy atom. The molecule has 0 spiro atoms. The number of hydrogen-bond donors (Lipinski definition) is 1. The van der Waals surface area contributed by atoms with Crippen LogP contribution in [-0.2, 0) is 12.3 Å². The summed E-state index contributed by atoms with van der Waals surface area (Å²) < 4.78 is 13.2. The Balaban J connectivity index is 2.05. The van der Waals surface area contributed by atoms with E-state index in [9.17, 15) is 9.18 Å². The molecule has 1 aromatic carbocycles. The SMILES string of the molecule is CSCc1cc(F)ccc1CNC(=O)c1cccnc1. The fourth-order valence-corrected chi connectivity index (χ4v) is 2.41. The maximum atomic E-state index is 13.2. The van der Waals surface area contributed by atoms with E-state index in [0.29, 0.717) is 12.1 Å². The van der Waals surface area contributed by atoms with Gasteiger partial charge < -0.3 is 5.32 Å². The van der Waals surface area contributed by atoms with Crippen molar-refractivity contribution in [3.8, 4) is 0 Å². The van der Waals surface area contributed by atoms with Crippen molar-refractivity contribution >= 4 is 17.7 Å². The quantitative estimate of drug-likeness (QED) is 0.920. The topological polar surface area (TPSA) is 42.0 Å². The van der Waals surface area contributed by atoms with Crippen LogP contribution in [0.4, 0.5) is 4.39 Å². The van der Waals surface area contributed by atoms with Crippen molar-refractivity contribution in [2.45, 2.75) is 12.3 Å². The van der Waals surface area contributed by atoms with Gasteiger partial charge in [0.05, 0.1) is 5.56 Å². The fourth-order valence-electron chi connectivity index (χ4n) is 1.83. The van der Waals surface area contributed by atoms with Crippen LogP contribution in [-0.4, -0.2) is 17.1 Å². The number of nitrogens with zero attached hydrogens (tertiary/aromatic N) is 1. The minimum absolute atomic E-state index is 0.183. The molecule has 104 valence electrons. The van der Waals surface area contributed by atoms with Crippen LogP contribution in [0.25, 0.3) is 0 Å². The molecule has 20 heavy (non-hydrogen) atoms.